The van der Waals surface area contributed by atoms with Crippen LogP contribution in [0.4, 0.5) is 5.82 Å². The SMILES string of the molecule is CN(C)c1ccc(S(=O)(=O)NC2CNC2)cn1. The second kappa shape index (κ2) is 4.59. The Hall–Kier alpha value is -1.18. The molecular formula is C10H16N4O2S. The van der Waals surface area contributed by atoms with Crippen molar-refractivity contribution in [2.45, 2.75) is 10.9 Å². The van der Waals surface area contributed by atoms with Crippen LogP contribution in [0.1, 0.15) is 0 Å². The largest absolute Gasteiger partial charge is 0.363 e. The third-order valence-corrected chi connectivity index (χ3v) is 4.10. The Labute approximate surface area is 101 Å². The highest BCUT2D eigenvalue weighted by atomic mass is 32.2. The fourth-order valence-electron chi connectivity index (χ4n) is 1.46. The van der Waals surface area contributed by atoms with Gasteiger partial charge in [-0.25, -0.2) is 18.1 Å². The maximum absolute atomic E-state index is 11.9. The van der Waals surface area contributed by atoms with Crippen LogP contribution >= 0.6 is 0 Å². The molecule has 0 radical (unpaired) electrons. The van der Waals surface area contributed by atoms with E-state index in [2.05, 4.69) is 15.0 Å². The molecule has 1 fully saturated rings. The molecule has 0 bridgehead atoms. The Morgan fingerprint density at radius 3 is 2.53 bits per heavy atom. The first kappa shape index (κ1) is 12.3. The Morgan fingerprint density at radius 1 is 1.41 bits per heavy atom. The summed E-state index contributed by atoms with van der Waals surface area (Å²) in [5.41, 5.74) is 0. The van der Waals surface area contributed by atoms with Crippen LogP contribution in [0.25, 0.3) is 0 Å². The van der Waals surface area contributed by atoms with Crippen LogP contribution in [0.5, 0.6) is 0 Å². The average molecular weight is 256 g/mol. The summed E-state index contributed by atoms with van der Waals surface area (Å²) >= 11 is 0. The van der Waals surface area contributed by atoms with Crippen LogP contribution in [-0.4, -0.2) is 46.6 Å². The van der Waals surface area contributed by atoms with Gasteiger partial charge in [-0.2, -0.15) is 0 Å². The minimum absolute atomic E-state index is 0.00600. The maximum atomic E-state index is 11.9. The van der Waals surface area contributed by atoms with Crippen LogP contribution < -0.4 is 14.9 Å². The monoisotopic (exact) mass is 256 g/mol. The molecule has 1 aliphatic heterocycles. The molecule has 17 heavy (non-hydrogen) atoms. The minimum atomic E-state index is -3.43. The molecule has 1 aromatic rings. The van der Waals surface area contributed by atoms with Crippen molar-refractivity contribution in [3.8, 4) is 0 Å². The molecule has 0 saturated carbocycles. The molecule has 2 N–H and O–H groups in total. The van der Waals surface area contributed by atoms with E-state index < -0.39 is 10.0 Å². The zero-order valence-corrected chi connectivity index (χ0v) is 10.7. The molecular weight excluding hydrogens is 240 g/mol. The van der Waals surface area contributed by atoms with E-state index in [0.717, 1.165) is 5.82 Å². The number of sulfonamides is 1. The molecule has 2 rings (SSSR count). The van der Waals surface area contributed by atoms with Crippen LogP contribution in [0.3, 0.4) is 0 Å². The van der Waals surface area contributed by atoms with Crippen molar-refractivity contribution in [3.05, 3.63) is 18.3 Å². The highest BCUT2D eigenvalue weighted by molar-refractivity contribution is 7.89. The van der Waals surface area contributed by atoms with Crippen molar-refractivity contribution in [1.82, 2.24) is 15.0 Å². The molecule has 0 aromatic carbocycles. The predicted octanol–water partition coefficient (Wildman–Crippen LogP) is -0.602. The van der Waals surface area contributed by atoms with Gasteiger partial charge in [0, 0.05) is 39.4 Å². The number of rotatable bonds is 4. The van der Waals surface area contributed by atoms with Crippen LogP contribution in [0, 0.1) is 0 Å². The van der Waals surface area contributed by atoms with Gasteiger partial charge in [0.1, 0.15) is 10.7 Å². The van der Waals surface area contributed by atoms with Crippen molar-refractivity contribution in [2.75, 3.05) is 32.1 Å². The van der Waals surface area contributed by atoms with Crippen molar-refractivity contribution >= 4 is 15.8 Å². The average Bonchev–Trinajstić information content (AvgIpc) is 2.24. The first-order valence-corrected chi connectivity index (χ1v) is 6.84. The second-order valence-electron chi connectivity index (χ2n) is 4.22. The first-order chi connectivity index (χ1) is 7.99. The molecule has 2 heterocycles. The van der Waals surface area contributed by atoms with E-state index in [-0.39, 0.29) is 10.9 Å². The molecule has 0 spiro atoms. The smallest absolute Gasteiger partial charge is 0.242 e. The fourth-order valence-corrected chi connectivity index (χ4v) is 2.64. The quantitative estimate of drug-likeness (QED) is 0.752. The van der Waals surface area contributed by atoms with E-state index in [1.807, 2.05) is 19.0 Å². The third kappa shape index (κ3) is 2.74. The van der Waals surface area contributed by atoms with Crippen molar-refractivity contribution in [3.63, 3.8) is 0 Å². The molecule has 94 valence electrons. The molecule has 6 nitrogen and oxygen atoms in total. The number of aromatic nitrogens is 1. The van der Waals surface area contributed by atoms with Gasteiger partial charge in [0.15, 0.2) is 0 Å². The number of nitrogens with zero attached hydrogens (tertiary/aromatic N) is 2. The van der Waals surface area contributed by atoms with E-state index in [1.165, 1.54) is 6.20 Å². The summed E-state index contributed by atoms with van der Waals surface area (Å²) in [4.78, 5) is 6.11. The van der Waals surface area contributed by atoms with Gasteiger partial charge in [0.05, 0.1) is 0 Å². The Morgan fingerprint density at radius 2 is 2.12 bits per heavy atom. The van der Waals surface area contributed by atoms with Crippen molar-refractivity contribution in [1.29, 1.82) is 0 Å². The summed E-state index contributed by atoms with van der Waals surface area (Å²) in [5, 5.41) is 3.01. The van der Waals surface area contributed by atoms with Gasteiger partial charge >= 0.3 is 0 Å². The molecule has 1 aliphatic rings. The summed E-state index contributed by atoms with van der Waals surface area (Å²) < 4.78 is 26.5. The topological polar surface area (TPSA) is 74.3 Å². The van der Waals surface area contributed by atoms with Gasteiger partial charge in [-0.3, -0.25) is 0 Å². The van der Waals surface area contributed by atoms with Gasteiger partial charge in [0.2, 0.25) is 10.0 Å². The molecule has 0 amide bonds. The lowest BCUT2D eigenvalue weighted by atomic mass is 10.2. The molecule has 0 atom stereocenters. The lowest BCUT2D eigenvalue weighted by Gasteiger charge is -2.27. The van der Waals surface area contributed by atoms with Crippen LogP contribution in [-0.2, 0) is 10.0 Å². The highest BCUT2D eigenvalue weighted by Crippen LogP contribution is 2.13. The molecule has 0 unspecified atom stereocenters. The Bertz CT molecular complexity index is 480. The van der Waals surface area contributed by atoms with E-state index in [0.29, 0.717) is 13.1 Å². The normalized spacial score (nSPS) is 16.6. The van der Waals surface area contributed by atoms with E-state index in [1.54, 1.807) is 12.1 Å². The summed E-state index contributed by atoms with van der Waals surface area (Å²) in [7, 11) is 0.278. The summed E-state index contributed by atoms with van der Waals surface area (Å²) in [6.07, 6.45) is 1.38. The number of pyridine rings is 1. The zero-order chi connectivity index (χ0) is 12.5. The van der Waals surface area contributed by atoms with E-state index in [9.17, 15) is 8.42 Å². The van der Waals surface area contributed by atoms with Gasteiger partial charge < -0.3 is 10.2 Å². The van der Waals surface area contributed by atoms with Gasteiger partial charge in [-0.1, -0.05) is 0 Å². The lowest BCUT2D eigenvalue weighted by molar-refractivity contribution is 0.410. The lowest BCUT2D eigenvalue weighted by Crippen LogP contribution is -2.56. The number of anilines is 1. The fraction of sp³-hybridized carbons (Fsp3) is 0.500. The van der Waals surface area contributed by atoms with Gasteiger partial charge in [-0.05, 0) is 12.1 Å². The molecule has 7 heteroatoms. The predicted molar refractivity (Wildman–Crippen MR) is 65.5 cm³/mol. The zero-order valence-electron chi connectivity index (χ0n) is 9.84. The number of nitrogens with one attached hydrogen (secondary N) is 2. The van der Waals surface area contributed by atoms with E-state index >= 15 is 0 Å². The van der Waals surface area contributed by atoms with Gasteiger partial charge in [-0.15, -0.1) is 0 Å². The number of hydrogen-bond donors (Lipinski definition) is 2. The Balaban J connectivity index is 2.15. The van der Waals surface area contributed by atoms with Crippen molar-refractivity contribution in [2.24, 2.45) is 0 Å². The van der Waals surface area contributed by atoms with Crippen molar-refractivity contribution < 1.29 is 8.42 Å². The third-order valence-electron chi connectivity index (χ3n) is 2.59. The summed E-state index contributed by atoms with van der Waals surface area (Å²) in [6.45, 7) is 1.37. The highest BCUT2D eigenvalue weighted by Gasteiger charge is 2.24. The minimum Gasteiger partial charge on any atom is -0.363 e. The standard InChI is InChI=1S/C10H16N4O2S/c1-14(2)10-4-3-9(7-12-10)17(15,16)13-8-5-11-6-8/h3-4,7-8,11,13H,5-6H2,1-2H3. The second-order valence-corrected chi connectivity index (χ2v) is 5.94. The van der Waals surface area contributed by atoms with Gasteiger partial charge in [0.25, 0.3) is 0 Å². The Kier molecular flexibility index (Phi) is 3.32. The molecule has 0 aliphatic carbocycles. The number of hydrogen-bond acceptors (Lipinski definition) is 5. The van der Waals surface area contributed by atoms with Crippen LogP contribution in [0.15, 0.2) is 23.2 Å². The molecule has 1 saturated heterocycles. The molecule has 1 aromatic heterocycles. The maximum Gasteiger partial charge on any atom is 0.242 e. The van der Waals surface area contributed by atoms with E-state index in [4.69, 9.17) is 0 Å². The summed E-state index contributed by atoms with van der Waals surface area (Å²) in [5.74, 6) is 0.731. The first-order valence-electron chi connectivity index (χ1n) is 5.35. The van der Waals surface area contributed by atoms with Crippen LogP contribution in [0.2, 0.25) is 0 Å². The summed E-state index contributed by atoms with van der Waals surface area (Å²) in [6, 6.07) is 3.25.